The Morgan fingerprint density at radius 3 is 2.81 bits per heavy atom. The number of hydrogen-bond donors (Lipinski definition) is 2. The lowest BCUT2D eigenvalue weighted by molar-refractivity contribution is 0.0402. The smallest absolute Gasteiger partial charge is 0.0634 e. The maximum atomic E-state index is 10.4. The first-order valence-corrected chi connectivity index (χ1v) is 8.80. The van der Waals surface area contributed by atoms with Crippen LogP contribution in [0.3, 0.4) is 0 Å². The van der Waals surface area contributed by atoms with E-state index in [2.05, 4.69) is 26.0 Å². The van der Waals surface area contributed by atoms with Crippen molar-refractivity contribution in [3.8, 4) is 0 Å². The largest absolute Gasteiger partial charge is 0.392 e. The SMILES string of the molecule is C[C@]12CC[C@H]3C(=C1CC[C@@H]2O)CCC1C[C@@H](N)C=C[C@@]13C. The van der Waals surface area contributed by atoms with Gasteiger partial charge in [-0.15, -0.1) is 0 Å². The van der Waals surface area contributed by atoms with Crippen molar-refractivity contribution in [3.05, 3.63) is 23.3 Å². The Hall–Kier alpha value is -0.600. The van der Waals surface area contributed by atoms with Crippen LogP contribution in [0, 0.1) is 22.7 Å². The molecule has 1 unspecified atom stereocenters. The van der Waals surface area contributed by atoms with Crippen LogP contribution in [0.1, 0.15) is 58.8 Å². The van der Waals surface area contributed by atoms with Gasteiger partial charge < -0.3 is 10.8 Å². The van der Waals surface area contributed by atoms with Crippen molar-refractivity contribution < 1.29 is 5.11 Å². The Morgan fingerprint density at radius 2 is 2.00 bits per heavy atom. The molecular formula is C19H29NO. The van der Waals surface area contributed by atoms with Gasteiger partial charge in [0, 0.05) is 11.5 Å². The molecule has 0 aromatic heterocycles. The molecule has 0 saturated heterocycles. The lowest BCUT2D eigenvalue weighted by Gasteiger charge is -2.54. The van der Waals surface area contributed by atoms with Gasteiger partial charge in [0.15, 0.2) is 0 Å². The number of fused-ring (bicyclic) bond motifs is 4. The van der Waals surface area contributed by atoms with E-state index in [-0.39, 0.29) is 17.6 Å². The highest BCUT2D eigenvalue weighted by Gasteiger charge is 2.53. The van der Waals surface area contributed by atoms with E-state index in [1.807, 2.05) is 0 Å². The monoisotopic (exact) mass is 287 g/mol. The molecule has 6 atom stereocenters. The predicted octanol–water partition coefficient (Wildman–Crippen LogP) is 3.56. The summed E-state index contributed by atoms with van der Waals surface area (Å²) < 4.78 is 0. The minimum Gasteiger partial charge on any atom is -0.392 e. The van der Waals surface area contributed by atoms with E-state index in [0.717, 1.165) is 25.2 Å². The van der Waals surface area contributed by atoms with E-state index >= 15 is 0 Å². The molecule has 0 bridgehead atoms. The molecule has 0 aromatic carbocycles. The van der Waals surface area contributed by atoms with Gasteiger partial charge in [0.05, 0.1) is 6.10 Å². The fourth-order valence-electron chi connectivity index (χ4n) is 6.06. The molecule has 2 fully saturated rings. The zero-order valence-electron chi connectivity index (χ0n) is 13.4. The Bertz CT molecular complexity index is 522. The summed E-state index contributed by atoms with van der Waals surface area (Å²) in [5, 5.41) is 10.4. The standard InChI is InChI=1S/C19H29NO/c1-18-9-7-13(20)11-12(18)3-4-14-15-5-6-17(21)19(15,2)10-8-16(14)18/h7,9,12-13,16-17,21H,3-6,8,10-11,20H2,1-2H3/t12?,13-,16-,17-,18-,19-/m0/s1. The molecule has 0 spiro atoms. The van der Waals surface area contributed by atoms with Gasteiger partial charge in [0.25, 0.3) is 0 Å². The molecule has 116 valence electrons. The summed E-state index contributed by atoms with van der Waals surface area (Å²) in [6, 6.07) is 0.263. The summed E-state index contributed by atoms with van der Waals surface area (Å²) >= 11 is 0. The molecule has 3 N–H and O–H groups in total. The zero-order valence-corrected chi connectivity index (χ0v) is 13.4. The van der Waals surface area contributed by atoms with Crippen molar-refractivity contribution in [2.75, 3.05) is 0 Å². The number of rotatable bonds is 0. The number of aliphatic hydroxyl groups excluding tert-OH is 1. The number of nitrogens with two attached hydrogens (primary N) is 1. The predicted molar refractivity (Wildman–Crippen MR) is 85.7 cm³/mol. The molecular weight excluding hydrogens is 258 g/mol. The zero-order chi connectivity index (χ0) is 14.8. The van der Waals surface area contributed by atoms with E-state index in [9.17, 15) is 5.11 Å². The molecule has 4 rings (SSSR count). The van der Waals surface area contributed by atoms with Crippen molar-refractivity contribution in [1.82, 2.24) is 0 Å². The Morgan fingerprint density at radius 1 is 1.19 bits per heavy atom. The third kappa shape index (κ3) is 1.78. The third-order valence-corrected chi connectivity index (χ3v) is 7.51. The van der Waals surface area contributed by atoms with Gasteiger partial charge in [-0.05, 0) is 62.2 Å². The Balaban J connectivity index is 1.78. The molecule has 2 nitrogen and oxygen atoms in total. The molecule has 21 heavy (non-hydrogen) atoms. The third-order valence-electron chi connectivity index (χ3n) is 7.51. The van der Waals surface area contributed by atoms with Crippen LogP contribution in [-0.2, 0) is 0 Å². The molecule has 0 aliphatic heterocycles. The van der Waals surface area contributed by atoms with Crippen LogP contribution in [-0.4, -0.2) is 17.3 Å². The summed E-state index contributed by atoms with van der Waals surface area (Å²) in [5.41, 5.74) is 9.91. The molecule has 4 aliphatic carbocycles. The van der Waals surface area contributed by atoms with E-state index in [4.69, 9.17) is 5.73 Å². The normalized spacial score (nSPS) is 52.4. The second-order valence-corrected chi connectivity index (χ2v) is 8.43. The lowest BCUT2D eigenvalue weighted by Crippen LogP contribution is -2.47. The van der Waals surface area contributed by atoms with Gasteiger partial charge in [0.2, 0.25) is 0 Å². The number of hydrogen-bond acceptors (Lipinski definition) is 2. The average Bonchev–Trinajstić information content (AvgIpc) is 2.76. The van der Waals surface area contributed by atoms with Crippen molar-refractivity contribution in [2.24, 2.45) is 28.4 Å². The Labute approximate surface area is 128 Å². The second-order valence-electron chi connectivity index (χ2n) is 8.43. The Kier molecular flexibility index (Phi) is 2.97. The van der Waals surface area contributed by atoms with Crippen molar-refractivity contribution >= 4 is 0 Å². The van der Waals surface area contributed by atoms with Crippen LogP contribution in [0.25, 0.3) is 0 Å². The fourth-order valence-corrected chi connectivity index (χ4v) is 6.06. The van der Waals surface area contributed by atoms with E-state index < -0.39 is 0 Å². The number of allylic oxidation sites excluding steroid dienone is 2. The van der Waals surface area contributed by atoms with E-state index in [1.165, 1.54) is 25.7 Å². The first-order chi connectivity index (χ1) is 9.95. The summed E-state index contributed by atoms with van der Waals surface area (Å²) in [6.45, 7) is 4.78. The molecule has 4 aliphatic rings. The van der Waals surface area contributed by atoms with Gasteiger partial charge in [-0.25, -0.2) is 0 Å². The van der Waals surface area contributed by atoms with Crippen LogP contribution in [0.4, 0.5) is 0 Å². The van der Waals surface area contributed by atoms with Crippen molar-refractivity contribution in [2.45, 2.75) is 70.9 Å². The van der Waals surface area contributed by atoms with Gasteiger partial charge >= 0.3 is 0 Å². The fraction of sp³-hybridized carbons (Fsp3) is 0.789. The van der Waals surface area contributed by atoms with Crippen molar-refractivity contribution in [3.63, 3.8) is 0 Å². The molecule has 0 aromatic rings. The van der Waals surface area contributed by atoms with Gasteiger partial charge in [0.1, 0.15) is 0 Å². The van der Waals surface area contributed by atoms with Gasteiger partial charge in [-0.3, -0.25) is 0 Å². The minimum absolute atomic E-state index is 0.0871. The van der Waals surface area contributed by atoms with Crippen LogP contribution in [0.15, 0.2) is 23.3 Å². The highest BCUT2D eigenvalue weighted by molar-refractivity contribution is 5.36. The first-order valence-electron chi connectivity index (χ1n) is 8.80. The highest BCUT2D eigenvalue weighted by Crippen LogP contribution is 2.62. The maximum Gasteiger partial charge on any atom is 0.0634 e. The molecule has 2 saturated carbocycles. The minimum atomic E-state index is -0.109. The molecule has 0 heterocycles. The summed E-state index contributed by atoms with van der Waals surface area (Å²) in [5.74, 6) is 1.45. The molecule has 0 radical (unpaired) electrons. The van der Waals surface area contributed by atoms with Gasteiger partial charge in [-0.1, -0.05) is 37.1 Å². The average molecular weight is 287 g/mol. The van der Waals surface area contributed by atoms with Crippen molar-refractivity contribution in [1.29, 1.82) is 0 Å². The first kappa shape index (κ1) is 14.0. The molecule has 2 heteroatoms. The van der Waals surface area contributed by atoms with Crippen LogP contribution in [0.5, 0.6) is 0 Å². The van der Waals surface area contributed by atoms with Crippen LogP contribution < -0.4 is 5.73 Å². The van der Waals surface area contributed by atoms with E-state index in [1.54, 1.807) is 11.1 Å². The second kappa shape index (κ2) is 4.45. The topological polar surface area (TPSA) is 46.2 Å². The summed E-state index contributed by atoms with van der Waals surface area (Å²) in [4.78, 5) is 0. The summed E-state index contributed by atoms with van der Waals surface area (Å²) in [7, 11) is 0. The highest BCUT2D eigenvalue weighted by atomic mass is 16.3. The van der Waals surface area contributed by atoms with Gasteiger partial charge in [-0.2, -0.15) is 0 Å². The van der Waals surface area contributed by atoms with E-state index in [0.29, 0.717) is 11.3 Å². The van der Waals surface area contributed by atoms with Crippen LogP contribution in [0.2, 0.25) is 0 Å². The lowest BCUT2D eigenvalue weighted by atomic mass is 9.51. The maximum absolute atomic E-state index is 10.4. The summed E-state index contributed by atoms with van der Waals surface area (Å²) in [6.07, 6.45) is 12.8. The molecule has 0 amide bonds. The number of aliphatic hydroxyl groups is 1. The van der Waals surface area contributed by atoms with Crippen LogP contribution >= 0.6 is 0 Å². The quantitative estimate of drug-likeness (QED) is 0.669.